The number of amides is 1. The minimum Gasteiger partial charge on any atom is -0.497 e. The first-order valence-corrected chi connectivity index (χ1v) is 9.95. The summed E-state index contributed by atoms with van der Waals surface area (Å²) in [6.07, 6.45) is 2.75. The molecule has 6 nitrogen and oxygen atoms in total. The molecule has 4 rings (SSSR count). The van der Waals surface area contributed by atoms with Crippen LogP contribution >= 0.6 is 0 Å². The number of hydrogen-bond acceptors (Lipinski definition) is 4. The number of imidazole rings is 1. The monoisotopic (exact) mass is 422 g/mol. The van der Waals surface area contributed by atoms with Gasteiger partial charge in [0.15, 0.2) is 5.69 Å². The van der Waals surface area contributed by atoms with E-state index < -0.39 is 17.7 Å². The van der Waals surface area contributed by atoms with Crippen LogP contribution in [0.25, 0.3) is 17.1 Å². The van der Waals surface area contributed by atoms with Crippen LogP contribution in [0.3, 0.4) is 0 Å². The number of benzene rings is 2. The summed E-state index contributed by atoms with van der Waals surface area (Å²) < 4.78 is 36.2. The number of methoxy groups -OCH3 is 1. The molecule has 1 saturated heterocycles. The molecule has 0 N–H and O–H groups in total. The molecule has 3 aromatic rings. The third-order valence-corrected chi connectivity index (χ3v) is 5.35. The second kappa shape index (κ2) is 8.56. The van der Waals surface area contributed by atoms with Crippen LogP contribution in [0.4, 0.5) is 8.78 Å². The van der Waals surface area contributed by atoms with E-state index in [1.54, 1.807) is 35.2 Å². The highest BCUT2D eigenvalue weighted by molar-refractivity contribution is 5.93. The van der Waals surface area contributed by atoms with E-state index in [4.69, 9.17) is 10.00 Å². The third-order valence-electron chi connectivity index (χ3n) is 5.35. The van der Waals surface area contributed by atoms with Gasteiger partial charge in [0.25, 0.3) is 5.91 Å². The van der Waals surface area contributed by atoms with Crippen molar-refractivity contribution in [2.45, 2.75) is 19.3 Å². The van der Waals surface area contributed by atoms with Gasteiger partial charge in [-0.05, 0) is 61.7 Å². The van der Waals surface area contributed by atoms with Crippen molar-refractivity contribution in [3.63, 3.8) is 0 Å². The van der Waals surface area contributed by atoms with Gasteiger partial charge in [0, 0.05) is 18.7 Å². The lowest BCUT2D eigenvalue weighted by Gasteiger charge is -2.25. The van der Waals surface area contributed by atoms with E-state index in [-0.39, 0.29) is 22.6 Å². The van der Waals surface area contributed by atoms with E-state index in [1.807, 2.05) is 0 Å². The molecule has 0 aliphatic carbocycles. The molecule has 0 spiro atoms. The molecule has 0 saturated carbocycles. The number of nitrogens with zero attached hydrogens (tertiary/aromatic N) is 4. The van der Waals surface area contributed by atoms with Gasteiger partial charge in [-0.3, -0.25) is 9.36 Å². The van der Waals surface area contributed by atoms with E-state index in [1.165, 1.54) is 23.8 Å². The predicted octanol–water partition coefficient (Wildman–Crippen LogP) is 4.32. The summed E-state index contributed by atoms with van der Waals surface area (Å²) in [5.41, 5.74) is 0.223. The van der Waals surface area contributed by atoms with E-state index in [0.29, 0.717) is 24.5 Å². The highest BCUT2D eigenvalue weighted by Crippen LogP contribution is 2.29. The van der Waals surface area contributed by atoms with Crippen LogP contribution in [0.1, 0.15) is 35.3 Å². The summed E-state index contributed by atoms with van der Waals surface area (Å²) in [5.74, 6) is -1.39. The Hall–Kier alpha value is -3.73. The average molecular weight is 422 g/mol. The van der Waals surface area contributed by atoms with Crippen molar-refractivity contribution in [3.05, 3.63) is 65.5 Å². The Labute approximate surface area is 178 Å². The number of nitriles is 1. The van der Waals surface area contributed by atoms with Gasteiger partial charge in [-0.2, -0.15) is 9.65 Å². The first-order valence-electron chi connectivity index (χ1n) is 9.95. The zero-order valence-electron chi connectivity index (χ0n) is 16.9. The van der Waals surface area contributed by atoms with E-state index in [2.05, 4.69) is 4.98 Å². The lowest BCUT2D eigenvalue weighted by molar-refractivity contribution is 0.0713. The first kappa shape index (κ1) is 20.5. The molecule has 0 radical (unpaired) electrons. The Morgan fingerprint density at radius 3 is 2.42 bits per heavy atom. The summed E-state index contributed by atoms with van der Waals surface area (Å²) in [4.78, 5) is 18.9. The van der Waals surface area contributed by atoms with Crippen molar-refractivity contribution in [1.82, 2.24) is 14.5 Å². The van der Waals surface area contributed by atoms with Crippen molar-refractivity contribution in [3.8, 4) is 28.9 Å². The molecule has 1 fully saturated rings. The second-order valence-electron chi connectivity index (χ2n) is 7.27. The van der Waals surface area contributed by atoms with Crippen molar-refractivity contribution in [2.75, 3.05) is 20.2 Å². The van der Waals surface area contributed by atoms with Crippen molar-refractivity contribution >= 4 is 5.91 Å². The predicted molar refractivity (Wildman–Crippen MR) is 110 cm³/mol. The molecule has 1 aromatic heterocycles. The standard InChI is InChI=1S/C23H20F2N4O2/c1-31-18-9-7-17(8-10-18)29-21(25)20(23(30)28-11-3-2-4-12-28)27-22(29)15-5-6-16(14-26)19(24)13-15/h5-10,13H,2-4,11-12H2,1H3. The molecule has 2 aromatic carbocycles. The zero-order chi connectivity index (χ0) is 22.0. The quantitative estimate of drug-likeness (QED) is 0.628. The van der Waals surface area contributed by atoms with Crippen molar-refractivity contribution in [2.24, 2.45) is 0 Å². The Kier molecular flexibility index (Phi) is 5.67. The van der Waals surface area contributed by atoms with Gasteiger partial charge >= 0.3 is 0 Å². The van der Waals surface area contributed by atoms with Crippen molar-refractivity contribution < 1.29 is 18.3 Å². The van der Waals surface area contributed by atoms with Gasteiger partial charge in [-0.1, -0.05) is 0 Å². The molecule has 0 unspecified atom stereocenters. The molecular formula is C23H20F2N4O2. The summed E-state index contributed by atoms with van der Waals surface area (Å²) in [6, 6.07) is 12.2. The smallest absolute Gasteiger partial charge is 0.277 e. The minimum absolute atomic E-state index is 0.0754. The molecule has 1 amide bonds. The average Bonchev–Trinajstić information content (AvgIpc) is 3.16. The van der Waals surface area contributed by atoms with Crippen LogP contribution in [-0.4, -0.2) is 40.6 Å². The van der Waals surface area contributed by atoms with Crippen LogP contribution in [0, 0.1) is 23.1 Å². The number of ether oxygens (including phenoxy) is 1. The Bertz CT molecular complexity index is 1160. The minimum atomic E-state index is -0.819. The molecule has 31 heavy (non-hydrogen) atoms. The van der Waals surface area contributed by atoms with Gasteiger partial charge in [0.2, 0.25) is 5.95 Å². The molecule has 8 heteroatoms. The maximum atomic E-state index is 15.6. The number of likely N-dealkylation sites (tertiary alicyclic amines) is 1. The maximum absolute atomic E-state index is 15.6. The number of rotatable bonds is 4. The van der Waals surface area contributed by atoms with Gasteiger partial charge in [0.05, 0.1) is 18.4 Å². The molecule has 158 valence electrons. The number of carbonyl (C=O) groups is 1. The number of carbonyl (C=O) groups excluding carboxylic acids is 1. The SMILES string of the molecule is COc1ccc(-n2c(-c3ccc(C#N)c(F)c3)nc(C(=O)N3CCCCC3)c2F)cc1. The summed E-state index contributed by atoms with van der Waals surface area (Å²) in [5, 5.41) is 8.99. The fraction of sp³-hybridized carbons (Fsp3) is 0.261. The Morgan fingerprint density at radius 2 is 1.81 bits per heavy atom. The highest BCUT2D eigenvalue weighted by atomic mass is 19.1. The number of aromatic nitrogens is 2. The first-order chi connectivity index (χ1) is 15.0. The number of piperidine rings is 1. The number of halogens is 2. The van der Waals surface area contributed by atoms with E-state index >= 15 is 4.39 Å². The van der Waals surface area contributed by atoms with Gasteiger partial charge in [-0.25, -0.2) is 9.37 Å². The summed E-state index contributed by atoms with van der Waals surface area (Å²) in [7, 11) is 1.52. The Morgan fingerprint density at radius 1 is 1.10 bits per heavy atom. The van der Waals surface area contributed by atoms with Crippen LogP contribution < -0.4 is 4.74 Å². The van der Waals surface area contributed by atoms with Gasteiger partial charge < -0.3 is 9.64 Å². The molecule has 0 atom stereocenters. The number of hydrogen-bond donors (Lipinski definition) is 0. The van der Waals surface area contributed by atoms with Crippen LogP contribution in [-0.2, 0) is 0 Å². The lowest BCUT2D eigenvalue weighted by Crippen LogP contribution is -2.36. The van der Waals surface area contributed by atoms with Crippen LogP contribution in [0.15, 0.2) is 42.5 Å². The van der Waals surface area contributed by atoms with Crippen LogP contribution in [0.2, 0.25) is 0 Å². The van der Waals surface area contributed by atoms with Crippen molar-refractivity contribution in [1.29, 1.82) is 5.26 Å². The molecule has 2 heterocycles. The summed E-state index contributed by atoms with van der Waals surface area (Å²) >= 11 is 0. The van der Waals surface area contributed by atoms with E-state index in [0.717, 1.165) is 25.3 Å². The zero-order valence-corrected chi connectivity index (χ0v) is 16.9. The van der Waals surface area contributed by atoms with Gasteiger partial charge in [-0.15, -0.1) is 0 Å². The molecule has 0 bridgehead atoms. The fourth-order valence-electron chi connectivity index (χ4n) is 3.69. The fourth-order valence-corrected chi connectivity index (χ4v) is 3.69. The Balaban J connectivity index is 1.86. The summed E-state index contributed by atoms with van der Waals surface area (Å²) in [6.45, 7) is 1.10. The molecule has 1 aliphatic heterocycles. The molecule has 1 aliphatic rings. The van der Waals surface area contributed by atoms with E-state index in [9.17, 15) is 9.18 Å². The third kappa shape index (κ3) is 3.87. The largest absolute Gasteiger partial charge is 0.497 e. The van der Waals surface area contributed by atoms with Gasteiger partial charge in [0.1, 0.15) is 23.5 Å². The normalized spacial score (nSPS) is 13.7. The highest BCUT2D eigenvalue weighted by Gasteiger charge is 2.29. The van der Waals surface area contributed by atoms with Crippen LogP contribution in [0.5, 0.6) is 5.75 Å². The lowest BCUT2D eigenvalue weighted by atomic mass is 10.1. The maximum Gasteiger partial charge on any atom is 0.277 e. The second-order valence-corrected chi connectivity index (χ2v) is 7.27. The topological polar surface area (TPSA) is 71.1 Å². The molecular weight excluding hydrogens is 402 g/mol.